The van der Waals surface area contributed by atoms with Gasteiger partial charge in [0.2, 0.25) is 0 Å². The number of aliphatic hydroxyl groups is 1. The summed E-state index contributed by atoms with van der Waals surface area (Å²) in [6.45, 7) is 0. The summed E-state index contributed by atoms with van der Waals surface area (Å²) in [4.78, 5) is 0. The van der Waals surface area contributed by atoms with Crippen LogP contribution in [0.2, 0.25) is 0 Å². The Morgan fingerprint density at radius 1 is 1.25 bits per heavy atom. The largest absolute Gasteiger partial charge is 0.573 e. The summed E-state index contributed by atoms with van der Waals surface area (Å²) in [6.07, 6.45) is -5.42. The second kappa shape index (κ2) is 5.25. The van der Waals surface area contributed by atoms with Crippen LogP contribution in [0.25, 0.3) is 0 Å². The lowest BCUT2D eigenvalue weighted by molar-refractivity contribution is -0.274. The number of benzene rings is 1. The third-order valence-electron chi connectivity index (χ3n) is 3.17. The summed E-state index contributed by atoms with van der Waals surface area (Å²) >= 11 is 0. The third kappa shape index (κ3) is 3.86. The second-order valence-corrected chi connectivity index (χ2v) is 6.95. The van der Waals surface area contributed by atoms with Crippen LogP contribution in [0, 0.1) is 5.92 Å². The Hall–Kier alpha value is -1.28. The molecule has 1 N–H and O–H groups in total. The van der Waals surface area contributed by atoms with Crippen molar-refractivity contribution in [3.8, 4) is 5.75 Å². The Balaban J connectivity index is 2.06. The molecule has 1 aromatic carbocycles. The van der Waals surface area contributed by atoms with E-state index in [0.717, 1.165) is 12.1 Å². The molecule has 4 nitrogen and oxygen atoms in total. The zero-order valence-corrected chi connectivity index (χ0v) is 11.1. The van der Waals surface area contributed by atoms with Crippen molar-refractivity contribution in [2.45, 2.75) is 18.9 Å². The molecular weight excluding hydrogens is 297 g/mol. The maximum Gasteiger partial charge on any atom is 0.573 e. The number of ether oxygens (including phenoxy) is 1. The summed E-state index contributed by atoms with van der Waals surface area (Å²) in [5.74, 6) is -0.874. The monoisotopic (exact) mass is 310 g/mol. The van der Waals surface area contributed by atoms with Crippen LogP contribution in [0.3, 0.4) is 0 Å². The van der Waals surface area contributed by atoms with Crippen LogP contribution in [0.5, 0.6) is 5.75 Å². The molecule has 0 spiro atoms. The highest BCUT2D eigenvalue weighted by Gasteiger charge is 2.34. The van der Waals surface area contributed by atoms with Crippen molar-refractivity contribution in [2.24, 2.45) is 5.92 Å². The molecular formula is C12H13F3O4S. The molecule has 20 heavy (non-hydrogen) atoms. The number of alkyl halides is 3. The average Bonchev–Trinajstić information content (AvgIpc) is 2.68. The van der Waals surface area contributed by atoms with E-state index < -0.39 is 28.2 Å². The SMILES string of the molecule is O=S1(=O)CCC(C(O)c2ccc(OC(F)(F)F)cc2)C1. The van der Waals surface area contributed by atoms with Gasteiger partial charge in [-0.25, -0.2) is 8.42 Å². The van der Waals surface area contributed by atoms with E-state index in [1.54, 1.807) is 0 Å². The van der Waals surface area contributed by atoms with E-state index in [4.69, 9.17) is 0 Å². The molecule has 1 heterocycles. The molecule has 1 aliphatic rings. The molecule has 1 fully saturated rings. The van der Waals surface area contributed by atoms with Crippen LogP contribution < -0.4 is 4.74 Å². The average molecular weight is 310 g/mol. The smallest absolute Gasteiger partial charge is 0.406 e. The van der Waals surface area contributed by atoms with Crippen LogP contribution in [0.4, 0.5) is 13.2 Å². The highest BCUT2D eigenvalue weighted by atomic mass is 32.2. The van der Waals surface area contributed by atoms with Gasteiger partial charge in [0.1, 0.15) is 5.75 Å². The van der Waals surface area contributed by atoms with E-state index in [1.807, 2.05) is 0 Å². The van der Waals surface area contributed by atoms with E-state index in [-0.39, 0.29) is 17.3 Å². The van der Waals surface area contributed by atoms with Gasteiger partial charge in [-0.1, -0.05) is 12.1 Å². The van der Waals surface area contributed by atoms with Gasteiger partial charge in [0.15, 0.2) is 9.84 Å². The highest BCUT2D eigenvalue weighted by molar-refractivity contribution is 7.91. The lowest BCUT2D eigenvalue weighted by atomic mass is 9.95. The van der Waals surface area contributed by atoms with Gasteiger partial charge < -0.3 is 9.84 Å². The molecule has 2 atom stereocenters. The summed E-state index contributed by atoms with van der Waals surface area (Å²) in [5, 5.41) is 10.0. The quantitative estimate of drug-likeness (QED) is 0.928. The fourth-order valence-corrected chi connectivity index (χ4v) is 4.04. The summed E-state index contributed by atoms with van der Waals surface area (Å²) in [6, 6.07) is 4.79. The number of rotatable bonds is 3. The van der Waals surface area contributed by atoms with Crippen LogP contribution in [-0.4, -0.2) is 31.4 Å². The summed E-state index contributed by atoms with van der Waals surface area (Å²) < 4.78 is 62.4. The van der Waals surface area contributed by atoms with Crippen molar-refractivity contribution in [2.75, 3.05) is 11.5 Å². The molecule has 1 aromatic rings. The zero-order chi connectivity index (χ0) is 15.0. The normalized spacial score (nSPS) is 23.5. The van der Waals surface area contributed by atoms with Gasteiger partial charge in [0.25, 0.3) is 0 Å². The summed E-state index contributed by atoms with van der Waals surface area (Å²) in [7, 11) is -3.11. The Labute approximate surface area is 114 Å². The molecule has 2 rings (SSSR count). The van der Waals surface area contributed by atoms with Crippen LogP contribution >= 0.6 is 0 Å². The third-order valence-corrected chi connectivity index (χ3v) is 4.96. The van der Waals surface area contributed by atoms with Gasteiger partial charge in [-0.05, 0) is 24.1 Å². The fourth-order valence-electron chi connectivity index (χ4n) is 2.21. The first kappa shape index (κ1) is 15.1. The molecule has 8 heteroatoms. The number of hydrogen-bond donors (Lipinski definition) is 1. The van der Waals surface area contributed by atoms with Gasteiger partial charge in [-0.15, -0.1) is 13.2 Å². The van der Waals surface area contributed by atoms with Gasteiger partial charge in [-0.3, -0.25) is 0 Å². The standard InChI is InChI=1S/C12H13F3O4S/c13-12(14,15)19-10-3-1-8(2-4-10)11(16)9-5-6-20(17,18)7-9/h1-4,9,11,16H,5-7H2. The van der Waals surface area contributed by atoms with E-state index in [9.17, 15) is 26.7 Å². The van der Waals surface area contributed by atoms with Gasteiger partial charge in [0, 0.05) is 5.92 Å². The van der Waals surface area contributed by atoms with Gasteiger partial charge in [0.05, 0.1) is 17.6 Å². The van der Waals surface area contributed by atoms with E-state index >= 15 is 0 Å². The fraction of sp³-hybridized carbons (Fsp3) is 0.500. The Morgan fingerprint density at radius 2 is 1.85 bits per heavy atom. The van der Waals surface area contributed by atoms with Crippen molar-refractivity contribution in [1.29, 1.82) is 0 Å². The lowest BCUT2D eigenvalue weighted by Gasteiger charge is -2.17. The minimum absolute atomic E-state index is 0.0317. The first-order valence-corrected chi connectivity index (χ1v) is 7.73. The molecule has 112 valence electrons. The predicted octanol–water partition coefficient (Wildman–Crippen LogP) is 2.05. The van der Waals surface area contributed by atoms with Crippen molar-refractivity contribution in [1.82, 2.24) is 0 Å². The first-order chi connectivity index (χ1) is 9.16. The van der Waals surface area contributed by atoms with Crippen molar-refractivity contribution >= 4 is 9.84 Å². The molecule has 1 aliphatic heterocycles. The lowest BCUT2D eigenvalue weighted by Crippen LogP contribution is -2.17. The topological polar surface area (TPSA) is 63.6 Å². The molecule has 2 unspecified atom stereocenters. The summed E-state index contributed by atoms with van der Waals surface area (Å²) in [5.41, 5.74) is 0.377. The number of halogens is 3. The van der Waals surface area contributed by atoms with Gasteiger partial charge >= 0.3 is 6.36 Å². The van der Waals surface area contributed by atoms with Crippen LogP contribution in [0.1, 0.15) is 18.1 Å². The molecule has 1 saturated heterocycles. The van der Waals surface area contributed by atoms with Crippen molar-refractivity contribution in [3.05, 3.63) is 29.8 Å². The Bertz CT molecular complexity index is 565. The molecule has 0 radical (unpaired) electrons. The minimum atomic E-state index is -4.76. The van der Waals surface area contributed by atoms with E-state index in [1.165, 1.54) is 12.1 Å². The van der Waals surface area contributed by atoms with Crippen LogP contribution in [-0.2, 0) is 9.84 Å². The first-order valence-electron chi connectivity index (χ1n) is 5.90. The maximum atomic E-state index is 12.0. The van der Waals surface area contributed by atoms with Crippen molar-refractivity contribution in [3.63, 3.8) is 0 Å². The Kier molecular flexibility index (Phi) is 3.97. The number of hydrogen-bond acceptors (Lipinski definition) is 4. The number of aliphatic hydroxyl groups excluding tert-OH is 1. The van der Waals surface area contributed by atoms with E-state index in [0.29, 0.717) is 12.0 Å². The molecule has 0 amide bonds. The second-order valence-electron chi connectivity index (χ2n) is 4.72. The van der Waals surface area contributed by atoms with E-state index in [2.05, 4.69) is 4.74 Å². The zero-order valence-electron chi connectivity index (χ0n) is 10.3. The van der Waals surface area contributed by atoms with Gasteiger partial charge in [-0.2, -0.15) is 0 Å². The molecule has 0 aliphatic carbocycles. The Morgan fingerprint density at radius 3 is 2.30 bits per heavy atom. The molecule has 0 bridgehead atoms. The highest BCUT2D eigenvalue weighted by Crippen LogP contribution is 2.32. The molecule has 0 aromatic heterocycles. The molecule has 0 saturated carbocycles. The minimum Gasteiger partial charge on any atom is -0.406 e. The predicted molar refractivity (Wildman–Crippen MR) is 64.8 cm³/mol. The maximum absolute atomic E-state index is 12.0. The number of sulfone groups is 1. The van der Waals surface area contributed by atoms with Crippen LogP contribution in [0.15, 0.2) is 24.3 Å². The van der Waals surface area contributed by atoms with Crippen molar-refractivity contribution < 1.29 is 31.4 Å².